The zero-order valence-electron chi connectivity index (χ0n) is 14.1. The smallest absolute Gasteiger partial charge is 0.245 e. The second-order valence-corrected chi connectivity index (χ2v) is 7.39. The van der Waals surface area contributed by atoms with E-state index < -0.39 is 5.54 Å². The summed E-state index contributed by atoms with van der Waals surface area (Å²) in [4.78, 5) is 27.6. The predicted molar refractivity (Wildman–Crippen MR) is 91.2 cm³/mol. The SMILES string of the molecule is CC(C)OCCCNC(=O)C1(C)CCC(=O)N1Cc1cccs1. The summed E-state index contributed by atoms with van der Waals surface area (Å²) >= 11 is 1.61. The maximum absolute atomic E-state index is 12.6. The lowest BCUT2D eigenvalue weighted by Gasteiger charge is -2.33. The van der Waals surface area contributed by atoms with Crippen molar-refractivity contribution < 1.29 is 14.3 Å². The van der Waals surface area contributed by atoms with Crippen molar-refractivity contribution in [2.75, 3.05) is 13.2 Å². The van der Waals surface area contributed by atoms with Crippen molar-refractivity contribution >= 4 is 23.2 Å². The molecule has 1 unspecified atom stereocenters. The minimum atomic E-state index is -0.750. The third-order valence-electron chi connectivity index (χ3n) is 4.16. The Bertz CT molecular complexity index is 530. The number of rotatable bonds is 8. The molecular formula is C17H26N2O3S. The van der Waals surface area contributed by atoms with E-state index in [0.717, 1.165) is 11.3 Å². The number of thiophene rings is 1. The second kappa shape index (κ2) is 7.93. The first-order chi connectivity index (χ1) is 10.9. The number of carbonyl (C=O) groups excluding carboxylic acids is 2. The number of ether oxygens (including phenoxy) is 1. The summed E-state index contributed by atoms with van der Waals surface area (Å²) in [6.45, 7) is 7.56. The molecule has 0 radical (unpaired) electrons. The third kappa shape index (κ3) is 4.54. The van der Waals surface area contributed by atoms with Crippen LogP contribution in [0.25, 0.3) is 0 Å². The van der Waals surface area contributed by atoms with E-state index >= 15 is 0 Å². The van der Waals surface area contributed by atoms with Crippen molar-refractivity contribution in [2.45, 2.75) is 58.2 Å². The summed E-state index contributed by atoms with van der Waals surface area (Å²) in [5, 5.41) is 4.95. The van der Waals surface area contributed by atoms with Gasteiger partial charge in [0.05, 0.1) is 12.6 Å². The number of nitrogens with zero attached hydrogens (tertiary/aromatic N) is 1. The van der Waals surface area contributed by atoms with E-state index in [2.05, 4.69) is 5.32 Å². The molecule has 1 atom stereocenters. The van der Waals surface area contributed by atoms with Crippen LogP contribution in [0.15, 0.2) is 17.5 Å². The monoisotopic (exact) mass is 338 g/mol. The van der Waals surface area contributed by atoms with E-state index in [1.165, 1.54) is 0 Å². The lowest BCUT2D eigenvalue weighted by Crippen LogP contribution is -2.54. The molecule has 2 heterocycles. The van der Waals surface area contributed by atoms with Crippen LogP contribution in [-0.4, -0.2) is 41.5 Å². The Morgan fingerprint density at radius 1 is 1.52 bits per heavy atom. The highest BCUT2D eigenvalue weighted by atomic mass is 32.1. The van der Waals surface area contributed by atoms with Crippen molar-refractivity contribution in [3.63, 3.8) is 0 Å². The molecular weight excluding hydrogens is 312 g/mol. The molecule has 128 valence electrons. The lowest BCUT2D eigenvalue weighted by molar-refractivity contribution is -0.141. The highest BCUT2D eigenvalue weighted by Crippen LogP contribution is 2.32. The number of hydrogen-bond acceptors (Lipinski definition) is 4. The van der Waals surface area contributed by atoms with E-state index in [0.29, 0.717) is 32.5 Å². The van der Waals surface area contributed by atoms with Crippen molar-refractivity contribution in [3.8, 4) is 0 Å². The molecule has 2 amide bonds. The Balaban J connectivity index is 1.89. The van der Waals surface area contributed by atoms with Crippen molar-refractivity contribution in [1.82, 2.24) is 10.2 Å². The summed E-state index contributed by atoms with van der Waals surface area (Å²) in [5.74, 6) is -0.0105. The standard InChI is InChI=1S/C17H26N2O3S/c1-13(2)22-10-5-9-18-16(21)17(3)8-7-15(20)19(17)12-14-6-4-11-23-14/h4,6,11,13H,5,7-10,12H2,1-3H3,(H,18,21). The fraction of sp³-hybridized carbons (Fsp3) is 0.647. The maximum Gasteiger partial charge on any atom is 0.245 e. The predicted octanol–water partition coefficient (Wildman–Crippen LogP) is 2.56. The number of likely N-dealkylation sites (tertiary alicyclic amines) is 1. The molecule has 1 fully saturated rings. The van der Waals surface area contributed by atoms with Gasteiger partial charge < -0.3 is 15.0 Å². The molecule has 1 aromatic heterocycles. The van der Waals surface area contributed by atoms with Gasteiger partial charge in [-0.2, -0.15) is 0 Å². The molecule has 0 spiro atoms. The van der Waals surface area contributed by atoms with Crippen LogP contribution in [0.5, 0.6) is 0 Å². The Morgan fingerprint density at radius 3 is 2.96 bits per heavy atom. The Hall–Kier alpha value is -1.40. The van der Waals surface area contributed by atoms with Crippen molar-refractivity contribution in [3.05, 3.63) is 22.4 Å². The molecule has 1 aromatic rings. The first-order valence-electron chi connectivity index (χ1n) is 8.16. The first kappa shape index (κ1) is 17.9. The van der Waals surface area contributed by atoms with Gasteiger partial charge in [-0.1, -0.05) is 6.07 Å². The highest BCUT2D eigenvalue weighted by molar-refractivity contribution is 7.09. The maximum atomic E-state index is 12.6. The van der Waals surface area contributed by atoms with Gasteiger partial charge >= 0.3 is 0 Å². The van der Waals surface area contributed by atoms with Gasteiger partial charge in [0.1, 0.15) is 5.54 Å². The van der Waals surface area contributed by atoms with E-state index in [1.807, 2.05) is 38.3 Å². The van der Waals surface area contributed by atoms with Crippen LogP contribution >= 0.6 is 11.3 Å². The number of hydrogen-bond donors (Lipinski definition) is 1. The third-order valence-corrected chi connectivity index (χ3v) is 5.02. The Kier molecular flexibility index (Phi) is 6.18. The fourth-order valence-electron chi connectivity index (χ4n) is 2.74. The summed E-state index contributed by atoms with van der Waals surface area (Å²) in [6, 6.07) is 3.96. The van der Waals surface area contributed by atoms with E-state index in [4.69, 9.17) is 4.74 Å². The van der Waals surface area contributed by atoms with Crippen LogP contribution < -0.4 is 5.32 Å². The molecule has 2 rings (SSSR count). The molecule has 1 aliphatic rings. The van der Waals surface area contributed by atoms with Gasteiger partial charge in [0.15, 0.2) is 0 Å². The number of amides is 2. The highest BCUT2D eigenvalue weighted by Gasteiger charge is 2.47. The molecule has 1 N–H and O–H groups in total. The largest absolute Gasteiger partial charge is 0.379 e. The van der Waals surface area contributed by atoms with Crippen LogP contribution in [0.2, 0.25) is 0 Å². The lowest BCUT2D eigenvalue weighted by atomic mass is 9.97. The van der Waals surface area contributed by atoms with Crippen LogP contribution in [0.1, 0.15) is 44.9 Å². The van der Waals surface area contributed by atoms with Gasteiger partial charge in [-0.25, -0.2) is 0 Å². The second-order valence-electron chi connectivity index (χ2n) is 6.36. The Morgan fingerprint density at radius 2 is 2.30 bits per heavy atom. The average Bonchev–Trinajstić information content (AvgIpc) is 3.11. The molecule has 23 heavy (non-hydrogen) atoms. The molecule has 6 heteroatoms. The zero-order chi connectivity index (χ0) is 16.9. The number of carbonyl (C=O) groups is 2. The average molecular weight is 338 g/mol. The summed E-state index contributed by atoms with van der Waals surface area (Å²) in [5.41, 5.74) is -0.750. The zero-order valence-corrected chi connectivity index (χ0v) is 14.9. The minimum Gasteiger partial charge on any atom is -0.379 e. The van der Waals surface area contributed by atoms with E-state index in [9.17, 15) is 9.59 Å². The molecule has 0 aromatic carbocycles. The van der Waals surface area contributed by atoms with Gasteiger partial charge in [-0.05, 0) is 45.1 Å². The minimum absolute atomic E-state index is 0.0548. The molecule has 1 aliphatic heterocycles. The van der Waals surface area contributed by atoms with Crippen LogP contribution in [0, 0.1) is 0 Å². The quantitative estimate of drug-likeness (QED) is 0.741. The van der Waals surface area contributed by atoms with Crippen LogP contribution in [0.4, 0.5) is 0 Å². The first-order valence-corrected chi connectivity index (χ1v) is 9.04. The summed E-state index contributed by atoms with van der Waals surface area (Å²) in [6.07, 6.45) is 1.99. The molecule has 0 aliphatic carbocycles. The van der Waals surface area contributed by atoms with Gasteiger partial charge in [0.2, 0.25) is 11.8 Å². The molecule has 0 saturated carbocycles. The van der Waals surface area contributed by atoms with Crippen molar-refractivity contribution in [1.29, 1.82) is 0 Å². The topological polar surface area (TPSA) is 58.6 Å². The van der Waals surface area contributed by atoms with Gasteiger partial charge in [-0.15, -0.1) is 11.3 Å². The van der Waals surface area contributed by atoms with Crippen LogP contribution in [0.3, 0.4) is 0 Å². The van der Waals surface area contributed by atoms with Crippen molar-refractivity contribution in [2.24, 2.45) is 0 Å². The summed E-state index contributed by atoms with van der Waals surface area (Å²) < 4.78 is 5.47. The molecule has 0 bridgehead atoms. The number of nitrogens with one attached hydrogen (secondary N) is 1. The van der Waals surface area contributed by atoms with Gasteiger partial charge in [0.25, 0.3) is 0 Å². The normalized spacial score (nSPS) is 21.2. The van der Waals surface area contributed by atoms with Gasteiger partial charge in [0, 0.05) is 24.4 Å². The summed E-state index contributed by atoms with van der Waals surface area (Å²) in [7, 11) is 0. The van der Waals surface area contributed by atoms with Gasteiger partial charge in [-0.3, -0.25) is 9.59 Å². The van der Waals surface area contributed by atoms with E-state index in [1.54, 1.807) is 16.2 Å². The van der Waals surface area contributed by atoms with E-state index in [-0.39, 0.29) is 17.9 Å². The Labute approximate surface area is 142 Å². The molecule has 1 saturated heterocycles. The fourth-order valence-corrected chi connectivity index (χ4v) is 3.43. The van der Waals surface area contributed by atoms with Crippen LogP contribution in [-0.2, 0) is 20.9 Å². The molecule has 5 nitrogen and oxygen atoms in total.